The van der Waals surface area contributed by atoms with Gasteiger partial charge in [-0.15, -0.1) is 11.3 Å². The lowest BCUT2D eigenvalue weighted by Crippen LogP contribution is -2.53. The molecule has 0 unspecified atom stereocenters. The van der Waals surface area contributed by atoms with Crippen LogP contribution in [0.5, 0.6) is 0 Å². The number of aliphatic carboxylic acids is 1. The second-order valence-electron chi connectivity index (χ2n) is 5.60. The molecular formula is C15H18N2O6S. The van der Waals surface area contributed by atoms with Gasteiger partial charge < -0.3 is 24.8 Å². The van der Waals surface area contributed by atoms with E-state index in [9.17, 15) is 14.4 Å². The highest BCUT2D eigenvalue weighted by molar-refractivity contribution is 7.09. The summed E-state index contributed by atoms with van der Waals surface area (Å²) in [5, 5.41) is 13.4. The highest BCUT2D eigenvalue weighted by atomic mass is 32.1. The molecule has 3 heterocycles. The predicted octanol–water partition coefficient (Wildman–Crippen LogP) is -0.514. The van der Waals surface area contributed by atoms with Crippen LogP contribution in [0.15, 0.2) is 17.5 Å². The van der Waals surface area contributed by atoms with E-state index in [0.29, 0.717) is 32.7 Å². The number of carboxylic acid groups (broad SMARTS) is 1. The monoisotopic (exact) mass is 354 g/mol. The lowest BCUT2D eigenvalue weighted by Gasteiger charge is -2.30. The summed E-state index contributed by atoms with van der Waals surface area (Å²) in [4.78, 5) is 38.3. The number of nitrogens with one attached hydrogen (secondary N) is 1. The quantitative estimate of drug-likeness (QED) is 0.666. The van der Waals surface area contributed by atoms with Gasteiger partial charge in [0.05, 0.1) is 13.2 Å². The molecule has 0 aromatic carbocycles. The summed E-state index contributed by atoms with van der Waals surface area (Å²) in [5.74, 6) is -1.93. The molecule has 8 nitrogen and oxygen atoms in total. The number of hydrogen-bond acceptors (Lipinski definition) is 6. The molecule has 9 heteroatoms. The van der Waals surface area contributed by atoms with Crippen molar-refractivity contribution in [3.8, 4) is 0 Å². The molecule has 0 spiro atoms. The molecule has 1 aromatic heterocycles. The standard InChI is InChI=1S/C15H18N2O6S/c18-13(11-12(23-11)15(20)21)16-10(8-9-2-1-7-24-9)14(19)17-3-5-22-6-4-17/h1-2,7,10-12H,3-6,8H2,(H,16,18)(H,20,21)/t10-,11-,12-/m0/s1. The molecule has 0 aliphatic carbocycles. The van der Waals surface area contributed by atoms with Crippen molar-refractivity contribution in [3.05, 3.63) is 22.4 Å². The normalized spacial score (nSPS) is 24.2. The van der Waals surface area contributed by atoms with Gasteiger partial charge >= 0.3 is 5.97 Å². The third-order valence-corrected chi connectivity index (χ3v) is 4.81. The van der Waals surface area contributed by atoms with Gasteiger partial charge in [-0.05, 0) is 11.4 Å². The zero-order chi connectivity index (χ0) is 17.1. The Morgan fingerprint density at radius 3 is 2.67 bits per heavy atom. The number of carbonyl (C=O) groups is 3. The SMILES string of the molecule is O=C(O)[C@H]1O[C@@H]1C(=O)N[C@@H](Cc1cccs1)C(=O)N1CCOCC1. The minimum Gasteiger partial charge on any atom is -0.479 e. The number of thiophene rings is 1. The summed E-state index contributed by atoms with van der Waals surface area (Å²) in [7, 11) is 0. The van der Waals surface area contributed by atoms with E-state index in [4.69, 9.17) is 14.6 Å². The van der Waals surface area contributed by atoms with Gasteiger partial charge in [0, 0.05) is 24.4 Å². The summed E-state index contributed by atoms with van der Waals surface area (Å²) < 4.78 is 10.1. The lowest BCUT2D eigenvalue weighted by molar-refractivity contribution is -0.140. The van der Waals surface area contributed by atoms with E-state index in [1.807, 2.05) is 17.5 Å². The molecule has 24 heavy (non-hydrogen) atoms. The number of nitrogens with zero attached hydrogens (tertiary/aromatic N) is 1. The first kappa shape index (κ1) is 16.9. The van der Waals surface area contributed by atoms with Crippen LogP contribution in [-0.4, -0.2) is 72.3 Å². The Morgan fingerprint density at radius 1 is 1.33 bits per heavy atom. The maximum absolute atomic E-state index is 12.7. The molecule has 0 bridgehead atoms. The van der Waals surface area contributed by atoms with E-state index in [-0.39, 0.29) is 5.91 Å². The van der Waals surface area contributed by atoms with E-state index in [1.165, 1.54) is 11.3 Å². The van der Waals surface area contributed by atoms with Crippen LogP contribution in [0.3, 0.4) is 0 Å². The molecule has 2 saturated heterocycles. The fraction of sp³-hybridized carbons (Fsp3) is 0.533. The zero-order valence-corrected chi connectivity index (χ0v) is 13.7. The molecule has 2 fully saturated rings. The molecule has 0 saturated carbocycles. The van der Waals surface area contributed by atoms with E-state index < -0.39 is 30.1 Å². The van der Waals surface area contributed by atoms with Crippen molar-refractivity contribution in [1.29, 1.82) is 0 Å². The molecule has 2 aliphatic rings. The Labute approximate surface area is 142 Å². The number of ether oxygens (including phenoxy) is 2. The number of rotatable bonds is 6. The summed E-state index contributed by atoms with van der Waals surface area (Å²) in [5.41, 5.74) is 0. The van der Waals surface area contributed by atoms with Crippen LogP contribution >= 0.6 is 11.3 Å². The number of epoxide rings is 1. The fourth-order valence-corrected chi connectivity index (χ4v) is 3.34. The molecule has 2 N–H and O–H groups in total. The number of amides is 2. The molecule has 2 aliphatic heterocycles. The van der Waals surface area contributed by atoms with Gasteiger partial charge in [0.1, 0.15) is 6.04 Å². The first-order valence-electron chi connectivity index (χ1n) is 7.64. The van der Waals surface area contributed by atoms with Crippen LogP contribution < -0.4 is 5.32 Å². The van der Waals surface area contributed by atoms with Crippen LogP contribution in [0.25, 0.3) is 0 Å². The first-order chi connectivity index (χ1) is 11.6. The molecule has 130 valence electrons. The van der Waals surface area contributed by atoms with Crippen LogP contribution in [0.1, 0.15) is 4.88 Å². The Morgan fingerprint density at radius 2 is 2.08 bits per heavy atom. The number of carbonyl (C=O) groups excluding carboxylic acids is 2. The second kappa shape index (κ2) is 7.29. The van der Waals surface area contributed by atoms with E-state index in [1.54, 1.807) is 4.90 Å². The van der Waals surface area contributed by atoms with E-state index >= 15 is 0 Å². The van der Waals surface area contributed by atoms with Gasteiger partial charge in [0.15, 0.2) is 12.2 Å². The Hall–Kier alpha value is -1.97. The Kier molecular flexibility index (Phi) is 5.12. The minimum atomic E-state index is -1.18. The molecule has 3 atom stereocenters. The third-order valence-electron chi connectivity index (χ3n) is 3.92. The fourth-order valence-electron chi connectivity index (χ4n) is 2.59. The highest BCUT2D eigenvalue weighted by Crippen LogP contribution is 2.23. The maximum atomic E-state index is 12.7. The minimum absolute atomic E-state index is 0.187. The lowest BCUT2D eigenvalue weighted by atomic mass is 10.1. The van der Waals surface area contributed by atoms with Gasteiger partial charge in [0.25, 0.3) is 5.91 Å². The topological polar surface area (TPSA) is 108 Å². The summed E-state index contributed by atoms with van der Waals surface area (Å²) in [6.45, 7) is 1.90. The Balaban J connectivity index is 1.66. The average molecular weight is 354 g/mol. The van der Waals surface area contributed by atoms with Crippen molar-refractivity contribution >= 4 is 29.1 Å². The summed E-state index contributed by atoms with van der Waals surface area (Å²) in [6.07, 6.45) is -1.78. The Bertz CT molecular complexity index is 613. The zero-order valence-electron chi connectivity index (χ0n) is 12.8. The van der Waals surface area contributed by atoms with Gasteiger partial charge in [-0.3, -0.25) is 9.59 Å². The molecule has 0 radical (unpaired) electrons. The molecule has 1 aromatic rings. The summed E-state index contributed by atoms with van der Waals surface area (Å²) in [6, 6.07) is 3.03. The predicted molar refractivity (Wildman–Crippen MR) is 83.6 cm³/mol. The van der Waals surface area contributed by atoms with Gasteiger partial charge in [-0.1, -0.05) is 6.07 Å². The van der Waals surface area contributed by atoms with Gasteiger partial charge in [-0.2, -0.15) is 0 Å². The first-order valence-corrected chi connectivity index (χ1v) is 8.52. The number of carboxylic acids is 1. The van der Waals surface area contributed by atoms with Crippen molar-refractivity contribution in [1.82, 2.24) is 10.2 Å². The van der Waals surface area contributed by atoms with Crippen molar-refractivity contribution in [2.75, 3.05) is 26.3 Å². The molecule has 2 amide bonds. The largest absolute Gasteiger partial charge is 0.479 e. The van der Waals surface area contributed by atoms with Crippen LogP contribution in [-0.2, 0) is 30.3 Å². The highest BCUT2D eigenvalue weighted by Gasteiger charge is 2.51. The van der Waals surface area contributed by atoms with Crippen molar-refractivity contribution in [2.45, 2.75) is 24.7 Å². The van der Waals surface area contributed by atoms with Gasteiger partial charge in [-0.25, -0.2) is 4.79 Å². The van der Waals surface area contributed by atoms with Gasteiger partial charge in [0.2, 0.25) is 5.91 Å². The van der Waals surface area contributed by atoms with Crippen molar-refractivity contribution in [3.63, 3.8) is 0 Å². The molecular weight excluding hydrogens is 336 g/mol. The average Bonchev–Trinajstić information content (AvgIpc) is 3.25. The number of morpholine rings is 1. The third kappa shape index (κ3) is 3.92. The molecule has 3 rings (SSSR count). The smallest absolute Gasteiger partial charge is 0.336 e. The second-order valence-corrected chi connectivity index (χ2v) is 6.63. The summed E-state index contributed by atoms with van der Waals surface area (Å²) >= 11 is 1.50. The van der Waals surface area contributed by atoms with Crippen LogP contribution in [0.2, 0.25) is 0 Å². The van der Waals surface area contributed by atoms with Crippen molar-refractivity contribution in [2.24, 2.45) is 0 Å². The van der Waals surface area contributed by atoms with Crippen LogP contribution in [0, 0.1) is 0 Å². The number of hydrogen-bond donors (Lipinski definition) is 2. The maximum Gasteiger partial charge on any atom is 0.336 e. The van der Waals surface area contributed by atoms with E-state index in [0.717, 1.165) is 4.88 Å². The van der Waals surface area contributed by atoms with Crippen LogP contribution in [0.4, 0.5) is 0 Å². The van der Waals surface area contributed by atoms with Crippen molar-refractivity contribution < 1.29 is 29.0 Å². The van der Waals surface area contributed by atoms with E-state index in [2.05, 4.69) is 5.32 Å².